The van der Waals surface area contributed by atoms with Crippen LogP contribution in [0, 0.1) is 0 Å². The second kappa shape index (κ2) is 7.84. The molecular formula is C25H18N2O4. The Kier molecular flexibility index (Phi) is 4.72. The van der Waals surface area contributed by atoms with Crippen molar-refractivity contribution in [1.82, 2.24) is 4.98 Å². The smallest absolute Gasteiger partial charge is 0.292 e. The number of carbonyl (C=O) groups excluding carboxylic acids is 1. The van der Waals surface area contributed by atoms with Crippen LogP contribution >= 0.6 is 0 Å². The minimum absolute atomic E-state index is 0.236. The maximum absolute atomic E-state index is 13.3. The minimum atomic E-state index is -0.344. The average molecular weight is 410 g/mol. The van der Waals surface area contributed by atoms with Crippen molar-refractivity contribution in [1.29, 1.82) is 0 Å². The number of benzene rings is 3. The molecule has 0 saturated carbocycles. The first-order valence-corrected chi connectivity index (χ1v) is 9.69. The Balaban J connectivity index is 1.56. The van der Waals surface area contributed by atoms with Gasteiger partial charge in [-0.15, -0.1) is 0 Å². The van der Waals surface area contributed by atoms with Crippen LogP contribution in [0.1, 0.15) is 10.6 Å². The molecule has 31 heavy (non-hydrogen) atoms. The largest absolute Gasteiger partial charge is 0.497 e. The van der Waals surface area contributed by atoms with Gasteiger partial charge in [-0.3, -0.25) is 4.79 Å². The predicted molar refractivity (Wildman–Crippen MR) is 118 cm³/mol. The topological polar surface area (TPSA) is 77.5 Å². The SMILES string of the molecule is COc1ccc2c(-c3ccccc3)c(C(=O)Nc3cccc(-c4cnco4)c3)oc2c1. The van der Waals surface area contributed by atoms with E-state index in [2.05, 4.69) is 10.3 Å². The van der Waals surface area contributed by atoms with Crippen molar-refractivity contribution in [3.8, 4) is 28.2 Å². The summed E-state index contributed by atoms with van der Waals surface area (Å²) < 4.78 is 16.7. The number of nitrogens with one attached hydrogen (secondary N) is 1. The lowest BCUT2D eigenvalue weighted by Gasteiger charge is -2.07. The Labute approximate surface area is 178 Å². The van der Waals surface area contributed by atoms with E-state index in [-0.39, 0.29) is 11.7 Å². The summed E-state index contributed by atoms with van der Waals surface area (Å²) in [6.45, 7) is 0. The fourth-order valence-corrected chi connectivity index (χ4v) is 3.55. The van der Waals surface area contributed by atoms with Crippen LogP contribution in [-0.2, 0) is 0 Å². The van der Waals surface area contributed by atoms with Gasteiger partial charge in [0, 0.05) is 28.3 Å². The van der Waals surface area contributed by atoms with Crippen LogP contribution in [0.2, 0.25) is 0 Å². The molecule has 0 bridgehead atoms. The van der Waals surface area contributed by atoms with Crippen LogP contribution in [0.15, 0.2) is 94.2 Å². The first kappa shape index (κ1) is 18.7. The van der Waals surface area contributed by atoms with Gasteiger partial charge in [0.05, 0.1) is 13.3 Å². The number of hydrogen-bond acceptors (Lipinski definition) is 5. The molecule has 2 aromatic heterocycles. The number of anilines is 1. The van der Waals surface area contributed by atoms with Crippen molar-refractivity contribution in [3.63, 3.8) is 0 Å². The Morgan fingerprint density at radius 3 is 2.58 bits per heavy atom. The summed E-state index contributed by atoms with van der Waals surface area (Å²) in [5.74, 6) is 1.17. The number of aromatic nitrogens is 1. The van der Waals surface area contributed by atoms with Gasteiger partial charge in [-0.1, -0.05) is 42.5 Å². The molecule has 152 valence electrons. The maximum atomic E-state index is 13.3. The van der Waals surface area contributed by atoms with Gasteiger partial charge in [0.2, 0.25) is 5.76 Å². The van der Waals surface area contributed by atoms with Crippen molar-refractivity contribution in [2.45, 2.75) is 0 Å². The van der Waals surface area contributed by atoms with Gasteiger partial charge in [-0.2, -0.15) is 0 Å². The Bertz CT molecular complexity index is 1360. The molecule has 0 saturated heterocycles. The summed E-state index contributed by atoms with van der Waals surface area (Å²) in [6, 6.07) is 22.6. The quantitative estimate of drug-likeness (QED) is 0.384. The zero-order chi connectivity index (χ0) is 21.2. The second-order valence-corrected chi connectivity index (χ2v) is 6.93. The van der Waals surface area contributed by atoms with E-state index in [0.717, 1.165) is 22.1 Å². The lowest BCUT2D eigenvalue weighted by Crippen LogP contribution is -2.12. The fourth-order valence-electron chi connectivity index (χ4n) is 3.55. The highest BCUT2D eigenvalue weighted by Gasteiger charge is 2.22. The second-order valence-electron chi connectivity index (χ2n) is 6.93. The Morgan fingerprint density at radius 1 is 0.968 bits per heavy atom. The predicted octanol–water partition coefficient (Wildman–Crippen LogP) is 6.02. The average Bonchev–Trinajstić information content (AvgIpc) is 3.47. The third-order valence-electron chi connectivity index (χ3n) is 5.00. The molecule has 0 unspecified atom stereocenters. The van der Waals surface area contributed by atoms with E-state index < -0.39 is 0 Å². The molecule has 0 fully saturated rings. The number of ether oxygens (including phenoxy) is 1. The number of methoxy groups -OCH3 is 1. The van der Waals surface area contributed by atoms with Crippen molar-refractivity contribution < 1.29 is 18.4 Å². The van der Waals surface area contributed by atoms with Gasteiger partial charge in [0.25, 0.3) is 5.91 Å². The van der Waals surface area contributed by atoms with Crippen LogP contribution in [0.3, 0.4) is 0 Å². The van der Waals surface area contributed by atoms with E-state index in [1.54, 1.807) is 19.4 Å². The molecule has 2 heterocycles. The zero-order valence-electron chi connectivity index (χ0n) is 16.7. The Hall–Kier alpha value is -4.32. The number of rotatable bonds is 5. The third kappa shape index (κ3) is 3.55. The van der Waals surface area contributed by atoms with Crippen LogP contribution < -0.4 is 10.1 Å². The van der Waals surface area contributed by atoms with E-state index in [4.69, 9.17) is 13.6 Å². The van der Waals surface area contributed by atoms with Crippen LogP contribution in [0.5, 0.6) is 5.75 Å². The monoisotopic (exact) mass is 410 g/mol. The molecular weight excluding hydrogens is 392 g/mol. The van der Waals surface area contributed by atoms with E-state index >= 15 is 0 Å². The molecule has 0 aliphatic carbocycles. The highest BCUT2D eigenvalue weighted by atomic mass is 16.5. The van der Waals surface area contributed by atoms with Gasteiger partial charge in [0.1, 0.15) is 11.3 Å². The standard InChI is InChI=1S/C25H18N2O4/c1-29-19-10-11-20-21(13-19)31-24(23(20)16-6-3-2-4-7-16)25(28)27-18-9-5-8-17(12-18)22-14-26-15-30-22/h2-15H,1H3,(H,27,28). The summed E-state index contributed by atoms with van der Waals surface area (Å²) in [5.41, 5.74) is 3.65. The Morgan fingerprint density at radius 2 is 1.81 bits per heavy atom. The number of hydrogen-bond donors (Lipinski definition) is 1. The van der Waals surface area contributed by atoms with Crippen LogP contribution in [0.4, 0.5) is 5.69 Å². The molecule has 1 amide bonds. The van der Waals surface area contributed by atoms with Gasteiger partial charge in [-0.05, 0) is 29.8 Å². The van der Waals surface area contributed by atoms with Gasteiger partial charge < -0.3 is 18.9 Å². The molecule has 0 radical (unpaired) electrons. The summed E-state index contributed by atoms with van der Waals surface area (Å²) >= 11 is 0. The maximum Gasteiger partial charge on any atom is 0.292 e. The minimum Gasteiger partial charge on any atom is -0.497 e. The van der Waals surface area contributed by atoms with E-state index in [1.807, 2.05) is 66.7 Å². The number of carbonyl (C=O) groups is 1. The summed E-state index contributed by atoms with van der Waals surface area (Å²) in [6.07, 6.45) is 3.00. The lowest BCUT2D eigenvalue weighted by atomic mass is 10.0. The van der Waals surface area contributed by atoms with Crippen LogP contribution in [-0.4, -0.2) is 18.0 Å². The summed E-state index contributed by atoms with van der Waals surface area (Å²) in [5, 5.41) is 3.77. The lowest BCUT2D eigenvalue weighted by molar-refractivity contribution is 0.0999. The van der Waals surface area contributed by atoms with Crippen LogP contribution in [0.25, 0.3) is 33.4 Å². The van der Waals surface area contributed by atoms with Crippen molar-refractivity contribution in [2.75, 3.05) is 12.4 Å². The highest BCUT2D eigenvalue weighted by Crippen LogP contribution is 2.37. The first-order valence-electron chi connectivity index (χ1n) is 9.69. The van der Waals surface area contributed by atoms with Gasteiger partial charge in [-0.25, -0.2) is 4.98 Å². The van der Waals surface area contributed by atoms with Gasteiger partial charge in [0.15, 0.2) is 12.2 Å². The third-order valence-corrected chi connectivity index (χ3v) is 5.00. The number of oxazole rings is 1. The molecule has 3 aromatic carbocycles. The van der Waals surface area contributed by atoms with E-state index in [9.17, 15) is 4.79 Å². The molecule has 0 aliphatic rings. The number of fused-ring (bicyclic) bond motifs is 1. The molecule has 0 atom stereocenters. The summed E-state index contributed by atoms with van der Waals surface area (Å²) in [7, 11) is 1.59. The summed E-state index contributed by atoms with van der Waals surface area (Å²) in [4.78, 5) is 17.2. The molecule has 0 spiro atoms. The normalized spacial score (nSPS) is 10.9. The number of amides is 1. The highest BCUT2D eigenvalue weighted by molar-refractivity contribution is 6.12. The van der Waals surface area contributed by atoms with E-state index in [1.165, 1.54) is 6.39 Å². The molecule has 6 heteroatoms. The van der Waals surface area contributed by atoms with Gasteiger partial charge >= 0.3 is 0 Å². The number of furan rings is 1. The zero-order valence-corrected chi connectivity index (χ0v) is 16.7. The fraction of sp³-hybridized carbons (Fsp3) is 0.0400. The molecule has 0 aliphatic heterocycles. The van der Waals surface area contributed by atoms with Crippen molar-refractivity contribution in [3.05, 3.63) is 91.1 Å². The van der Waals surface area contributed by atoms with Crippen molar-refractivity contribution in [2.24, 2.45) is 0 Å². The number of nitrogens with zero attached hydrogens (tertiary/aromatic N) is 1. The first-order chi connectivity index (χ1) is 15.2. The molecule has 5 aromatic rings. The molecule has 5 rings (SSSR count). The molecule has 6 nitrogen and oxygen atoms in total. The van der Waals surface area contributed by atoms with E-state index in [0.29, 0.717) is 22.8 Å². The molecule has 1 N–H and O–H groups in total. The van der Waals surface area contributed by atoms with Crippen molar-refractivity contribution >= 4 is 22.6 Å².